The lowest BCUT2D eigenvalue weighted by Crippen LogP contribution is -1.69. The van der Waals surface area contributed by atoms with Gasteiger partial charge in [-0.2, -0.15) is 15.4 Å². The van der Waals surface area contributed by atoms with Crippen LogP contribution < -0.4 is 0 Å². The van der Waals surface area contributed by atoms with E-state index in [1.165, 1.54) is 6.33 Å². The molecule has 3 aromatic heterocycles. The van der Waals surface area contributed by atoms with Gasteiger partial charge in [0.05, 0.1) is 0 Å². The van der Waals surface area contributed by atoms with Crippen molar-refractivity contribution in [3.63, 3.8) is 0 Å². The molecule has 1 N–H and O–H groups in total. The number of nitrogens with zero attached hydrogens (tertiary/aromatic N) is 6. The van der Waals surface area contributed by atoms with Gasteiger partial charge in [-0.1, -0.05) is 11.3 Å². The highest BCUT2D eigenvalue weighted by molar-refractivity contribution is 4.88. The van der Waals surface area contributed by atoms with Gasteiger partial charge < -0.3 is 0 Å². The topological polar surface area (TPSA) is 93.1 Å². The van der Waals surface area contributed by atoms with Gasteiger partial charge in [-0.25, -0.2) is 0 Å². The van der Waals surface area contributed by atoms with E-state index in [0.29, 0.717) is 0 Å². The number of pyridine rings is 1. The van der Waals surface area contributed by atoms with E-state index in [9.17, 15) is 0 Å². The first-order valence-corrected chi connectivity index (χ1v) is 4.73. The van der Waals surface area contributed by atoms with E-state index in [1.807, 2.05) is 30.3 Å². The number of rotatable bonds is 0. The summed E-state index contributed by atoms with van der Waals surface area (Å²) in [4.78, 5) is 3.78. The fourth-order valence-electron chi connectivity index (χ4n) is 0.695. The molecule has 0 unspecified atom stereocenters. The maximum atomic E-state index is 3.78. The minimum atomic E-state index is 1.33. The van der Waals surface area contributed by atoms with Crippen molar-refractivity contribution < 1.29 is 0 Å². The van der Waals surface area contributed by atoms with Crippen molar-refractivity contribution >= 4 is 0 Å². The maximum absolute atomic E-state index is 3.78. The molecule has 0 saturated heterocycles. The van der Waals surface area contributed by atoms with E-state index in [-0.39, 0.29) is 0 Å². The number of aromatic nitrogens is 7. The fourth-order valence-corrected chi connectivity index (χ4v) is 0.695. The predicted molar refractivity (Wildman–Crippen MR) is 60.4 cm³/mol. The summed E-state index contributed by atoms with van der Waals surface area (Å²) in [5, 5.41) is 19.2. The number of H-pyrrole nitrogens is 1. The van der Waals surface area contributed by atoms with Crippen LogP contribution in [-0.2, 0) is 0 Å². The van der Waals surface area contributed by atoms with Crippen molar-refractivity contribution in [2.75, 3.05) is 0 Å². The summed E-state index contributed by atoms with van der Waals surface area (Å²) in [7, 11) is 0. The summed E-state index contributed by atoms with van der Waals surface area (Å²) in [5.74, 6) is 0. The third-order valence-electron chi connectivity index (χ3n) is 1.32. The summed E-state index contributed by atoms with van der Waals surface area (Å²) in [6.07, 6.45) is 8.11. The van der Waals surface area contributed by atoms with Crippen LogP contribution in [0.25, 0.3) is 0 Å². The Hall–Kier alpha value is -2.70. The number of aromatic amines is 1. The summed E-state index contributed by atoms with van der Waals surface area (Å²) in [6, 6.07) is 9.37. The third-order valence-corrected chi connectivity index (χ3v) is 1.32. The van der Waals surface area contributed by atoms with Gasteiger partial charge in [0.25, 0.3) is 0 Å². The molecule has 7 nitrogen and oxygen atoms in total. The van der Waals surface area contributed by atoms with Crippen LogP contribution in [0, 0.1) is 0 Å². The highest BCUT2D eigenvalue weighted by Gasteiger charge is 1.60. The number of nitrogens with one attached hydrogen (secondary N) is 1. The van der Waals surface area contributed by atoms with Gasteiger partial charge in [-0.05, 0) is 24.3 Å². The van der Waals surface area contributed by atoms with Gasteiger partial charge in [-0.3, -0.25) is 4.98 Å². The van der Waals surface area contributed by atoms with Crippen LogP contribution in [0.5, 0.6) is 0 Å². The van der Waals surface area contributed by atoms with Crippen molar-refractivity contribution in [3.8, 4) is 0 Å². The highest BCUT2D eigenvalue weighted by atomic mass is 15.5. The Morgan fingerprint density at radius 3 is 1.47 bits per heavy atom. The lowest BCUT2D eigenvalue weighted by molar-refractivity contribution is 0.881. The molecule has 0 fully saturated rings. The van der Waals surface area contributed by atoms with E-state index in [0.717, 1.165) is 0 Å². The lowest BCUT2D eigenvalue weighted by Gasteiger charge is -1.70. The van der Waals surface area contributed by atoms with Crippen LogP contribution >= 0.6 is 0 Å². The molecular weight excluding hydrogens is 218 g/mol. The second-order valence-electron chi connectivity index (χ2n) is 2.50. The van der Waals surface area contributed by atoms with Gasteiger partial charge in [0.15, 0.2) is 6.33 Å². The van der Waals surface area contributed by atoms with Crippen molar-refractivity contribution in [3.05, 3.63) is 61.4 Å². The first-order chi connectivity index (χ1) is 8.50. The Morgan fingerprint density at radius 2 is 1.29 bits per heavy atom. The van der Waals surface area contributed by atoms with Crippen LogP contribution in [0.4, 0.5) is 0 Å². The molecule has 3 heterocycles. The molecular formula is C10H11N7. The summed E-state index contributed by atoms with van der Waals surface area (Å²) >= 11 is 0. The minimum Gasteiger partial charge on any atom is -0.265 e. The Labute approximate surface area is 98.0 Å². The first-order valence-electron chi connectivity index (χ1n) is 4.73. The zero-order chi connectivity index (χ0) is 12.0. The van der Waals surface area contributed by atoms with Crippen molar-refractivity contribution in [2.24, 2.45) is 0 Å². The Balaban J connectivity index is 0.000000128. The van der Waals surface area contributed by atoms with Gasteiger partial charge >= 0.3 is 0 Å². The van der Waals surface area contributed by atoms with Crippen LogP contribution in [-0.4, -0.2) is 35.8 Å². The van der Waals surface area contributed by atoms with E-state index >= 15 is 0 Å². The molecule has 0 spiro atoms. The lowest BCUT2D eigenvalue weighted by atomic mass is 10.5. The predicted octanol–water partition coefficient (Wildman–Crippen LogP) is 0.758. The summed E-state index contributed by atoms with van der Waals surface area (Å²) in [5.41, 5.74) is 0. The molecule has 0 aliphatic heterocycles. The fraction of sp³-hybridized carbons (Fsp3) is 0. The van der Waals surface area contributed by atoms with E-state index in [1.54, 1.807) is 24.8 Å². The van der Waals surface area contributed by atoms with Crippen LogP contribution in [0.15, 0.2) is 61.4 Å². The minimum absolute atomic E-state index is 1.33. The smallest absolute Gasteiger partial charge is 0.161 e. The molecule has 3 aromatic rings. The van der Waals surface area contributed by atoms with Gasteiger partial charge in [0.1, 0.15) is 0 Å². The standard InChI is InChI=1S/C5H5N.C4H4N2.CH2N4/c2*1-2-4-6-5-3-1;1-2-4-5-3-1/h1-5H;1-4H;1H,(H,2,3,4,5). The van der Waals surface area contributed by atoms with Crippen molar-refractivity contribution in [2.45, 2.75) is 0 Å². The monoisotopic (exact) mass is 229 g/mol. The largest absolute Gasteiger partial charge is 0.265 e. The molecule has 0 bridgehead atoms. The first kappa shape index (κ1) is 12.4. The van der Waals surface area contributed by atoms with Crippen molar-refractivity contribution in [1.29, 1.82) is 0 Å². The molecule has 0 aliphatic carbocycles. The van der Waals surface area contributed by atoms with E-state index in [2.05, 4.69) is 35.8 Å². The van der Waals surface area contributed by atoms with Crippen LogP contribution in [0.2, 0.25) is 0 Å². The molecule has 0 atom stereocenters. The average molecular weight is 229 g/mol. The zero-order valence-electron chi connectivity index (χ0n) is 8.96. The summed E-state index contributed by atoms with van der Waals surface area (Å²) < 4.78 is 0. The van der Waals surface area contributed by atoms with Crippen LogP contribution in [0.1, 0.15) is 0 Å². The molecule has 3 rings (SSSR count). The molecule has 17 heavy (non-hydrogen) atoms. The Morgan fingerprint density at radius 1 is 0.647 bits per heavy atom. The van der Waals surface area contributed by atoms with Gasteiger partial charge in [0, 0.05) is 24.8 Å². The van der Waals surface area contributed by atoms with Gasteiger partial charge in [0.2, 0.25) is 0 Å². The van der Waals surface area contributed by atoms with E-state index < -0.39 is 0 Å². The summed E-state index contributed by atoms with van der Waals surface area (Å²) in [6.45, 7) is 0. The van der Waals surface area contributed by atoms with E-state index in [4.69, 9.17) is 0 Å². The average Bonchev–Trinajstić information content (AvgIpc) is 3.03. The normalized spacial score (nSPS) is 8.00. The van der Waals surface area contributed by atoms with Crippen molar-refractivity contribution in [1.82, 2.24) is 35.8 Å². The molecule has 0 amide bonds. The SMILES string of the molecule is c1ccncc1.c1ccnnc1.c1nn[nH]n1. The van der Waals surface area contributed by atoms with Gasteiger partial charge in [-0.15, -0.1) is 10.2 Å². The number of hydrogen-bond acceptors (Lipinski definition) is 6. The highest BCUT2D eigenvalue weighted by Crippen LogP contribution is 1.73. The second-order valence-corrected chi connectivity index (χ2v) is 2.50. The maximum Gasteiger partial charge on any atom is 0.161 e. The Bertz CT molecular complexity index is 327. The second kappa shape index (κ2) is 9.84. The molecule has 0 radical (unpaired) electrons. The molecule has 0 saturated carbocycles. The Kier molecular flexibility index (Phi) is 7.16. The molecule has 7 heteroatoms. The zero-order valence-corrected chi connectivity index (χ0v) is 8.96. The third kappa shape index (κ3) is 8.30. The number of tetrazole rings is 1. The molecule has 0 aromatic carbocycles. The molecule has 86 valence electrons. The quantitative estimate of drug-likeness (QED) is 0.611. The van der Waals surface area contributed by atoms with Crippen LogP contribution in [0.3, 0.4) is 0 Å². The number of hydrogen-bond donors (Lipinski definition) is 1. The molecule has 0 aliphatic rings.